The molecule has 1 heterocycles. The highest BCUT2D eigenvalue weighted by molar-refractivity contribution is 7.98. The Balaban J connectivity index is 1.89. The van der Waals surface area contributed by atoms with Gasteiger partial charge in [-0.25, -0.2) is 21.9 Å². The van der Waals surface area contributed by atoms with E-state index in [1.54, 1.807) is 28.8 Å². The van der Waals surface area contributed by atoms with E-state index in [0.717, 1.165) is 11.8 Å². The predicted molar refractivity (Wildman–Crippen MR) is 99.0 cm³/mol. The van der Waals surface area contributed by atoms with E-state index in [1.807, 2.05) is 0 Å². The van der Waals surface area contributed by atoms with Crippen molar-refractivity contribution in [3.8, 4) is 5.69 Å². The normalized spacial score (nSPS) is 11.7. The Morgan fingerprint density at radius 1 is 1.00 bits per heavy atom. The van der Waals surface area contributed by atoms with Crippen LogP contribution in [0.2, 0.25) is 0 Å². The molecule has 0 spiro atoms. The van der Waals surface area contributed by atoms with Crippen molar-refractivity contribution in [2.75, 3.05) is 6.26 Å². The summed E-state index contributed by atoms with van der Waals surface area (Å²) in [6, 6.07) is 11.8. The smallest absolute Gasteiger partial charge is 0.209 e. The summed E-state index contributed by atoms with van der Waals surface area (Å²) in [6.07, 6.45) is 1.05. The summed E-state index contributed by atoms with van der Waals surface area (Å²) in [5, 5.41) is 8.69. The van der Waals surface area contributed by atoms with Crippen molar-refractivity contribution in [2.45, 2.75) is 17.5 Å². The highest BCUT2D eigenvalue weighted by Crippen LogP contribution is 2.25. The summed E-state index contributed by atoms with van der Waals surface area (Å²) < 4.78 is 53.1. The molecule has 0 fully saturated rings. The zero-order valence-electron chi connectivity index (χ0n) is 14.3. The number of thioether (sulfide) groups is 1. The molecule has 0 unspecified atom stereocenters. The number of benzene rings is 2. The molecule has 142 valence electrons. The van der Waals surface area contributed by atoms with E-state index < -0.39 is 10.0 Å². The maximum absolute atomic E-state index is 13.3. The molecule has 0 bridgehead atoms. The van der Waals surface area contributed by atoms with Gasteiger partial charge in [0.2, 0.25) is 10.0 Å². The average Bonchev–Trinajstić information content (AvgIpc) is 3.02. The molecule has 6 nitrogen and oxygen atoms in total. The summed E-state index contributed by atoms with van der Waals surface area (Å²) in [5.41, 5.74) is 1.50. The van der Waals surface area contributed by atoms with Crippen molar-refractivity contribution < 1.29 is 17.2 Å². The fourth-order valence-corrected chi connectivity index (χ4v) is 3.60. The Morgan fingerprint density at radius 2 is 1.59 bits per heavy atom. The van der Waals surface area contributed by atoms with E-state index in [4.69, 9.17) is 0 Å². The number of hydrogen-bond acceptors (Lipinski definition) is 5. The second-order valence-electron chi connectivity index (χ2n) is 5.72. The molecule has 3 aromatic rings. The second-order valence-corrected chi connectivity index (χ2v) is 8.49. The minimum Gasteiger partial charge on any atom is -0.273 e. The third-order valence-electron chi connectivity index (χ3n) is 3.56. The lowest BCUT2D eigenvalue weighted by molar-refractivity contribution is 0.584. The molecule has 0 aliphatic rings. The lowest BCUT2D eigenvalue weighted by atomic mass is 10.2. The molecule has 0 saturated heterocycles. The summed E-state index contributed by atoms with van der Waals surface area (Å²) in [5.74, 6) is 0.184. The molecule has 0 amide bonds. The molecule has 1 aromatic heterocycles. The fourth-order valence-electron chi connectivity index (χ4n) is 2.28. The molecule has 2 aromatic carbocycles. The SMILES string of the molecule is CS(=O)(=O)NCc1nnc(SCc2ccc(F)cc2)n1-c1ccc(F)cc1. The summed E-state index contributed by atoms with van der Waals surface area (Å²) >= 11 is 1.36. The Labute approximate surface area is 159 Å². The van der Waals surface area contributed by atoms with Crippen LogP contribution in [0.15, 0.2) is 53.7 Å². The van der Waals surface area contributed by atoms with Gasteiger partial charge in [0.15, 0.2) is 11.0 Å². The first-order valence-electron chi connectivity index (χ1n) is 7.84. The second kappa shape index (κ2) is 8.15. The van der Waals surface area contributed by atoms with Gasteiger partial charge in [0.25, 0.3) is 0 Å². The van der Waals surface area contributed by atoms with E-state index >= 15 is 0 Å². The van der Waals surface area contributed by atoms with Crippen molar-refractivity contribution in [1.82, 2.24) is 19.5 Å². The van der Waals surface area contributed by atoms with Gasteiger partial charge in [-0.1, -0.05) is 23.9 Å². The maximum Gasteiger partial charge on any atom is 0.209 e. The van der Waals surface area contributed by atoms with Crippen LogP contribution in [0.3, 0.4) is 0 Å². The molecular formula is C17H16F2N4O2S2. The molecular weight excluding hydrogens is 394 g/mol. The maximum atomic E-state index is 13.3. The minimum absolute atomic E-state index is 0.0552. The molecule has 10 heteroatoms. The Hall–Kier alpha value is -2.30. The molecule has 0 saturated carbocycles. The number of nitrogens with zero attached hydrogens (tertiary/aromatic N) is 3. The number of sulfonamides is 1. The molecule has 0 radical (unpaired) electrons. The highest BCUT2D eigenvalue weighted by Gasteiger charge is 2.16. The number of halogens is 2. The lowest BCUT2D eigenvalue weighted by Gasteiger charge is -2.10. The van der Waals surface area contributed by atoms with Crippen LogP contribution in [-0.4, -0.2) is 29.4 Å². The van der Waals surface area contributed by atoms with E-state index in [-0.39, 0.29) is 18.2 Å². The predicted octanol–water partition coefficient (Wildman–Crippen LogP) is 2.89. The number of rotatable bonds is 7. The van der Waals surface area contributed by atoms with Gasteiger partial charge in [-0.2, -0.15) is 0 Å². The Kier molecular flexibility index (Phi) is 5.88. The van der Waals surface area contributed by atoms with Gasteiger partial charge < -0.3 is 0 Å². The number of aromatic nitrogens is 3. The van der Waals surface area contributed by atoms with Crippen molar-refractivity contribution >= 4 is 21.8 Å². The minimum atomic E-state index is -3.41. The van der Waals surface area contributed by atoms with Gasteiger partial charge in [-0.15, -0.1) is 10.2 Å². The van der Waals surface area contributed by atoms with Crippen molar-refractivity contribution in [2.24, 2.45) is 0 Å². The van der Waals surface area contributed by atoms with E-state index in [1.165, 1.54) is 36.0 Å². The van der Waals surface area contributed by atoms with Crippen LogP contribution in [0.25, 0.3) is 5.69 Å². The quantitative estimate of drug-likeness (QED) is 0.606. The Morgan fingerprint density at radius 3 is 2.19 bits per heavy atom. The zero-order chi connectivity index (χ0) is 19.4. The van der Waals surface area contributed by atoms with Gasteiger partial charge in [-0.3, -0.25) is 4.57 Å². The van der Waals surface area contributed by atoms with Crippen molar-refractivity contribution in [3.63, 3.8) is 0 Å². The van der Waals surface area contributed by atoms with Crippen molar-refractivity contribution in [3.05, 3.63) is 71.6 Å². The van der Waals surface area contributed by atoms with Crippen LogP contribution in [0.1, 0.15) is 11.4 Å². The van der Waals surface area contributed by atoms with Gasteiger partial charge in [-0.05, 0) is 42.0 Å². The average molecular weight is 410 g/mol. The van der Waals surface area contributed by atoms with Gasteiger partial charge >= 0.3 is 0 Å². The van der Waals surface area contributed by atoms with Gasteiger partial charge in [0, 0.05) is 11.4 Å². The highest BCUT2D eigenvalue weighted by atomic mass is 32.2. The summed E-state index contributed by atoms with van der Waals surface area (Å²) in [7, 11) is -3.41. The van der Waals surface area contributed by atoms with Crippen LogP contribution in [0.5, 0.6) is 0 Å². The fraction of sp³-hybridized carbons (Fsp3) is 0.176. The lowest BCUT2D eigenvalue weighted by Crippen LogP contribution is -2.23. The first-order chi connectivity index (χ1) is 12.8. The van der Waals surface area contributed by atoms with Gasteiger partial charge in [0.1, 0.15) is 11.6 Å². The van der Waals surface area contributed by atoms with Crippen LogP contribution in [-0.2, 0) is 22.3 Å². The summed E-state index contributed by atoms with van der Waals surface area (Å²) in [4.78, 5) is 0. The van der Waals surface area contributed by atoms with Crippen molar-refractivity contribution in [1.29, 1.82) is 0 Å². The van der Waals surface area contributed by atoms with Crippen LogP contribution >= 0.6 is 11.8 Å². The first kappa shape index (κ1) is 19.5. The monoisotopic (exact) mass is 410 g/mol. The molecule has 0 aliphatic carbocycles. The van der Waals surface area contributed by atoms with Crippen LogP contribution in [0.4, 0.5) is 8.78 Å². The number of nitrogens with one attached hydrogen (secondary N) is 1. The molecule has 0 atom stereocenters. The summed E-state index contributed by atoms with van der Waals surface area (Å²) in [6.45, 7) is -0.0552. The topological polar surface area (TPSA) is 76.9 Å². The van der Waals surface area contributed by atoms with E-state index in [0.29, 0.717) is 22.4 Å². The van der Waals surface area contributed by atoms with Crippen LogP contribution < -0.4 is 4.72 Å². The Bertz CT molecular complexity index is 1020. The van der Waals surface area contributed by atoms with Crippen LogP contribution in [0, 0.1) is 11.6 Å². The molecule has 0 aliphatic heterocycles. The standard InChI is InChI=1S/C17H16F2N4O2S2/c1-27(24,25)20-10-16-21-22-17(23(16)15-8-6-14(19)7-9-15)26-11-12-2-4-13(18)5-3-12/h2-9,20H,10-11H2,1H3. The zero-order valence-corrected chi connectivity index (χ0v) is 15.9. The molecule has 3 rings (SSSR count). The largest absolute Gasteiger partial charge is 0.273 e. The van der Waals surface area contributed by atoms with Gasteiger partial charge in [0.05, 0.1) is 12.8 Å². The number of hydrogen-bond donors (Lipinski definition) is 1. The van der Waals surface area contributed by atoms with E-state index in [2.05, 4.69) is 14.9 Å². The third kappa shape index (κ3) is 5.34. The molecule has 1 N–H and O–H groups in total. The first-order valence-corrected chi connectivity index (χ1v) is 10.7. The molecule has 27 heavy (non-hydrogen) atoms. The van der Waals surface area contributed by atoms with E-state index in [9.17, 15) is 17.2 Å². The third-order valence-corrected chi connectivity index (χ3v) is 5.23.